The fourth-order valence-electron chi connectivity index (χ4n) is 2.92. The number of rotatable bonds is 4. The molecule has 0 unspecified atom stereocenters. The highest BCUT2D eigenvalue weighted by Gasteiger charge is 2.16. The Kier molecular flexibility index (Phi) is 5.00. The van der Waals surface area contributed by atoms with E-state index in [1.165, 1.54) is 7.11 Å². The number of amides is 1. The second kappa shape index (κ2) is 7.22. The molecular weight excluding hydrogens is 354 g/mol. The van der Waals surface area contributed by atoms with Crippen molar-refractivity contribution in [3.63, 3.8) is 0 Å². The Morgan fingerprint density at radius 3 is 2.54 bits per heavy atom. The van der Waals surface area contributed by atoms with Gasteiger partial charge in [0.05, 0.1) is 25.4 Å². The second-order valence-corrected chi connectivity index (χ2v) is 6.44. The number of benzene rings is 2. The van der Waals surface area contributed by atoms with Crippen molar-refractivity contribution in [1.82, 2.24) is 0 Å². The Labute approximate surface area is 155 Å². The van der Waals surface area contributed by atoms with E-state index in [9.17, 15) is 9.59 Å². The van der Waals surface area contributed by atoms with Gasteiger partial charge in [0.2, 0.25) is 5.91 Å². The van der Waals surface area contributed by atoms with Gasteiger partial charge in [0.15, 0.2) is 0 Å². The number of fused-ring (bicyclic) bond motifs is 1. The molecule has 1 heterocycles. The van der Waals surface area contributed by atoms with Crippen LogP contribution < -0.4 is 5.32 Å². The van der Waals surface area contributed by atoms with Crippen molar-refractivity contribution >= 4 is 40.1 Å². The molecule has 1 N–H and O–H groups in total. The Hall–Kier alpha value is -2.79. The van der Waals surface area contributed by atoms with Crippen LogP contribution in [-0.2, 0) is 16.0 Å². The Morgan fingerprint density at radius 2 is 1.88 bits per heavy atom. The summed E-state index contributed by atoms with van der Waals surface area (Å²) in [5, 5.41) is 4.36. The number of hydrogen-bond acceptors (Lipinski definition) is 4. The van der Waals surface area contributed by atoms with E-state index < -0.39 is 5.97 Å². The first kappa shape index (κ1) is 18.0. The molecule has 26 heavy (non-hydrogen) atoms. The van der Waals surface area contributed by atoms with Crippen LogP contribution in [0.4, 0.5) is 5.69 Å². The summed E-state index contributed by atoms with van der Waals surface area (Å²) in [6.07, 6.45) is 1.75. The molecule has 2 aromatic carbocycles. The van der Waals surface area contributed by atoms with Gasteiger partial charge in [-0.3, -0.25) is 4.79 Å². The largest absolute Gasteiger partial charge is 0.465 e. The maximum Gasteiger partial charge on any atom is 0.337 e. The zero-order valence-electron chi connectivity index (χ0n) is 14.7. The van der Waals surface area contributed by atoms with Crippen molar-refractivity contribution in [2.24, 2.45) is 0 Å². The third-order valence-corrected chi connectivity index (χ3v) is 4.82. The molecule has 1 aromatic heterocycles. The number of furan rings is 1. The first-order chi connectivity index (χ1) is 12.4. The van der Waals surface area contributed by atoms with Crippen molar-refractivity contribution in [1.29, 1.82) is 0 Å². The smallest absolute Gasteiger partial charge is 0.337 e. The van der Waals surface area contributed by atoms with Crippen LogP contribution in [0.25, 0.3) is 11.0 Å². The summed E-state index contributed by atoms with van der Waals surface area (Å²) >= 11 is 6.32. The monoisotopic (exact) mass is 371 g/mol. The van der Waals surface area contributed by atoms with Crippen molar-refractivity contribution < 1.29 is 18.7 Å². The van der Waals surface area contributed by atoms with Crippen molar-refractivity contribution in [3.05, 3.63) is 63.9 Å². The van der Waals surface area contributed by atoms with Crippen LogP contribution in [0.3, 0.4) is 0 Å². The summed E-state index contributed by atoms with van der Waals surface area (Å²) in [5.41, 5.74) is 4.36. The van der Waals surface area contributed by atoms with Gasteiger partial charge in [-0.15, -0.1) is 0 Å². The van der Waals surface area contributed by atoms with Crippen molar-refractivity contribution in [2.45, 2.75) is 20.3 Å². The standard InChI is InChI=1S/C20H18ClNO4/c1-11-8-16-18(12(2)19(11)21)14(10-26-16)9-17(23)22-15-6-4-13(5-7-15)20(24)25-3/h4-8,10H,9H2,1-3H3,(H,22,23). The first-order valence-electron chi connectivity index (χ1n) is 8.04. The normalized spacial score (nSPS) is 10.8. The predicted octanol–water partition coefficient (Wildman–Crippen LogP) is 4.67. The van der Waals surface area contributed by atoms with Gasteiger partial charge in [-0.25, -0.2) is 4.79 Å². The molecule has 0 spiro atoms. The van der Waals surface area contributed by atoms with E-state index in [-0.39, 0.29) is 12.3 Å². The lowest BCUT2D eigenvalue weighted by atomic mass is 10.0. The molecule has 6 heteroatoms. The van der Waals surface area contributed by atoms with Gasteiger partial charge < -0.3 is 14.5 Å². The van der Waals surface area contributed by atoms with E-state index in [2.05, 4.69) is 10.1 Å². The van der Waals surface area contributed by atoms with Gasteiger partial charge in [-0.2, -0.15) is 0 Å². The Balaban J connectivity index is 1.77. The molecule has 0 aliphatic heterocycles. The summed E-state index contributed by atoms with van der Waals surface area (Å²) in [7, 11) is 1.32. The van der Waals surface area contributed by atoms with Crippen LogP contribution in [0.1, 0.15) is 27.0 Å². The Morgan fingerprint density at radius 1 is 1.19 bits per heavy atom. The molecule has 0 bridgehead atoms. The van der Waals surface area contributed by atoms with Gasteiger partial charge in [-0.05, 0) is 55.3 Å². The van der Waals surface area contributed by atoms with E-state index in [0.29, 0.717) is 16.3 Å². The fraction of sp³-hybridized carbons (Fsp3) is 0.200. The number of carbonyl (C=O) groups excluding carboxylic acids is 2. The average Bonchev–Trinajstić information content (AvgIpc) is 3.02. The molecule has 3 aromatic rings. The van der Waals surface area contributed by atoms with Gasteiger partial charge >= 0.3 is 5.97 Å². The lowest BCUT2D eigenvalue weighted by Crippen LogP contribution is -2.14. The third kappa shape index (κ3) is 3.44. The zero-order valence-corrected chi connectivity index (χ0v) is 15.4. The van der Waals surface area contributed by atoms with Crippen LogP contribution in [0.5, 0.6) is 0 Å². The number of carbonyl (C=O) groups is 2. The highest BCUT2D eigenvalue weighted by molar-refractivity contribution is 6.33. The quantitative estimate of drug-likeness (QED) is 0.676. The van der Waals surface area contributed by atoms with E-state index in [1.54, 1.807) is 30.5 Å². The molecule has 0 atom stereocenters. The van der Waals surface area contributed by atoms with Crippen molar-refractivity contribution in [2.75, 3.05) is 12.4 Å². The molecular formula is C20H18ClNO4. The molecule has 0 saturated heterocycles. The number of nitrogens with one attached hydrogen (secondary N) is 1. The fourth-order valence-corrected chi connectivity index (χ4v) is 3.07. The van der Waals surface area contributed by atoms with Crippen molar-refractivity contribution in [3.8, 4) is 0 Å². The topological polar surface area (TPSA) is 68.5 Å². The van der Waals surface area contributed by atoms with Crippen LogP contribution in [0.15, 0.2) is 41.0 Å². The zero-order chi connectivity index (χ0) is 18.8. The molecule has 3 rings (SSSR count). The molecule has 0 saturated carbocycles. The number of halogens is 1. The molecule has 134 valence electrons. The van der Waals surface area contributed by atoms with E-state index in [0.717, 1.165) is 27.7 Å². The van der Waals surface area contributed by atoms with E-state index >= 15 is 0 Å². The van der Waals surface area contributed by atoms with Gasteiger partial charge in [-0.1, -0.05) is 11.6 Å². The number of methoxy groups -OCH3 is 1. The molecule has 1 amide bonds. The molecule has 5 nitrogen and oxygen atoms in total. The minimum absolute atomic E-state index is 0.159. The number of aryl methyl sites for hydroxylation is 2. The highest BCUT2D eigenvalue weighted by atomic mass is 35.5. The number of hydrogen-bond donors (Lipinski definition) is 1. The molecule has 0 fully saturated rings. The first-order valence-corrected chi connectivity index (χ1v) is 8.42. The van der Waals surface area contributed by atoms with Gasteiger partial charge in [0.1, 0.15) is 5.58 Å². The third-order valence-electron chi connectivity index (χ3n) is 4.23. The predicted molar refractivity (Wildman–Crippen MR) is 101 cm³/mol. The SMILES string of the molecule is COC(=O)c1ccc(NC(=O)Cc2coc3cc(C)c(Cl)c(C)c23)cc1. The van der Waals surface area contributed by atoms with E-state index in [4.69, 9.17) is 16.0 Å². The van der Waals surface area contributed by atoms with Gasteiger partial charge in [0, 0.05) is 21.7 Å². The van der Waals surface area contributed by atoms with Crippen LogP contribution in [-0.4, -0.2) is 19.0 Å². The average molecular weight is 372 g/mol. The molecule has 0 aliphatic carbocycles. The molecule has 0 radical (unpaired) electrons. The number of esters is 1. The minimum atomic E-state index is -0.421. The van der Waals surface area contributed by atoms with E-state index in [1.807, 2.05) is 19.9 Å². The lowest BCUT2D eigenvalue weighted by Gasteiger charge is -2.07. The van der Waals surface area contributed by atoms with Crippen LogP contribution in [0.2, 0.25) is 5.02 Å². The minimum Gasteiger partial charge on any atom is -0.465 e. The summed E-state index contributed by atoms with van der Waals surface area (Å²) in [5.74, 6) is -0.606. The van der Waals surface area contributed by atoms with Crippen LogP contribution >= 0.6 is 11.6 Å². The summed E-state index contributed by atoms with van der Waals surface area (Å²) < 4.78 is 10.2. The summed E-state index contributed by atoms with van der Waals surface area (Å²) in [6, 6.07) is 8.38. The molecule has 0 aliphatic rings. The van der Waals surface area contributed by atoms with Gasteiger partial charge in [0.25, 0.3) is 0 Å². The number of anilines is 1. The highest BCUT2D eigenvalue weighted by Crippen LogP contribution is 2.32. The maximum absolute atomic E-state index is 12.4. The maximum atomic E-state index is 12.4. The summed E-state index contributed by atoms with van der Waals surface area (Å²) in [6.45, 7) is 3.84. The second-order valence-electron chi connectivity index (χ2n) is 6.06. The Bertz CT molecular complexity index is 989. The van der Waals surface area contributed by atoms with Crippen LogP contribution in [0, 0.1) is 13.8 Å². The summed E-state index contributed by atoms with van der Waals surface area (Å²) in [4.78, 5) is 23.8. The lowest BCUT2D eigenvalue weighted by molar-refractivity contribution is -0.115. The number of ether oxygens (including phenoxy) is 1.